The standard InChI is InChI=1S/C25H28O3/c1-24(2)14-15-25(3,4)21-16-19(11-12-20(21)24)22(26)13-8-17-6-9-18(10-7-17)23(27)28-5/h6-7,9-12,16,22,26H,14-15H2,1-5H3. The van der Waals surface area contributed by atoms with Gasteiger partial charge >= 0.3 is 5.97 Å². The molecular formula is C25H28O3. The number of esters is 1. The Morgan fingerprint density at radius 3 is 2.21 bits per heavy atom. The maximum atomic E-state index is 11.5. The van der Waals surface area contributed by atoms with Crippen LogP contribution in [-0.4, -0.2) is 18.2 Å². The lowest BCUT2D eigenvalue weighted by molar-refractivity contribution is 0.0600. The zero-order valence-corrected chi connectivity index (χ0v) is 17.3. The van der Waals surface area contributed by atoms with Crippen LogP contribution in [0.3, 0.4) is 0 Å². The SMILES string of the molecule is COC(=O)c1ccc(C#CC(O)c2ccc3c(c2)C(C)(C)CCC3(C)C)cc1. The number of carbonyl (C=O) groups excluding carboxylic acids is 1. The van der Waals surface area contributed by atoms with Crippen molar-refractivity contribution in [1.29, 1.82) is 0 Å². The van der Waals surface area contributed by atoms with Crippen LogP contribution in [0.2, 0.25) is 0 Å². The number of ether oxygens (including phenoxy) is 1. The fourth-order valence-corrected chi connectivity index (χ4v) is 3.82. The van der Waals surface area contributed by atoms with Crippen molar-refractivity contribution in [3.05, 3.63) is 70.3 Å². The Balaban J connectivity index is 1.86. The molecule has 0 amide bonds. The molecule has 28 heavy (non-hydrogen) atoms. The van der Waals surface area contributed by atoms with Crippen molar-refractivity contribution in [3.8, 4) is 11.8 Å². The normalized spacial score (nSPS) is 17.6. The third kappa shape index (κ3) is 3.98. The summed E-state index contributed by atoms with van der Waals surface area (Å²) in [6.45, 7) is 9.11. The van der Waals surface area contributed by atoms with Crippen LogP contribution in [0.4, 0.5) is 0 Å². The molecule has 0 saturated heterocycles. The van der Waals surface area contributed by atoms with E-state index in [9.17, 15) is 9.90 Å². The summed E-state index contributed by atoms with van der Waals surface area (Å²) in [6.07, 6.45) is 1.44. The summed E-state index contributed by atoms with van der Waals surface area (Å²) in [5, 5.41) is 10.6. The minimum atomic E-state index is -0.855. The van der Waals surface area contributed by atoms with E-state index in [1.165, 1.54) is 18.2 Å². The first-order valence-electron chi connectivity index (χ1n) is 9.67. The van der Waals surface area contributed by atoms with E-state index >= 15 is 0 Å². The van der Waals surface area contributed by atoms with Crippen molar-refractivity contribution >= 4 is 5.97 Å². The topological polar surface area (TPSA) is 46.5 Å². The van der Waals surface area contributed by atoms with Gasteiger partial charge in [-0.2, -0.15) is 0 Å². The highest BCUT2D eigenvalue weighted by atomic mass is 16.5. The van der Waals surface area contributed by atoms with E-state index < -0.39 is 6.10 Å². The quantitative estimate of drug-likeness (QED) is 0.598. The molecule has 0 bridgehead atoms. The highest BCUT2D eigenvalue weighted by molar-refractivity contribution is 5.89. The maximum absolute atomic E-state index is 11.5. The summed E-state index contributed by atoms with van der Waals surface area (Å²) >= 11 is 0. The predicted octanol–water partition coefficient (Wildman–Crippen LogP) is 4.91. The highest BCUT2D eigenvalue weighted by Crippen LogP contribution is 2.46. The number of benzene rings is 2. The summed E-state index contributed by atoms with van der Waals surface area (Å²) < 4.78 is 4.69. The summed E-state index contributed by atoms with van der Waals surface area (Å²) in [5.74, 6) is 5.54. The van der Waals surface area contributed by atoms with Gasteiger partial charge < -0.3 is 9.84 Å². The summed E-state index contributed by atoms with van der Waals surface area (Å²) in [7, 11) is 1.35. The molecule has 0 spiro atoms. The van der Waals surface area contributed by atoms with E-state index in [4.69, 9.17) is 4.74 Å². The first kappa shape index (κ1) is 20.2. The number of hydrogen-bond donors (Lipinski definition) is 1. The molecular weight excluding hydrogens is 348 g/mol. The van der Waals surface area contributed by atoms with Gasteiger partial charge in [-0.1, -0.05) is 57.7 Å². The number of fused-ring (bicyclic) bond motifs is 1. The Hall–Kier alpha value is -2.57. The second-order valence-electron chi connectivity index (χ2n) is 8.81. The molecule has 3 heteroatoms. The van der Waals surface area contributed by atoms with Gasteiger partial charge in [-0.05, 0) is 64.6 Å². The van der Waals surface area contributed by atoms with E-state index in [1.54, 1.807) is 24.3 Å². The Bertz CT molecular complexity index is 940. The number of methoxy groups -OCH3 is 1. The molecule has 3 nitrogen and oxygen atoms in total. The molecule has 1 atom stereocenters. The molecule has 1 unspecified atom stereocenters. The van der Waals surface area contributed by atoms with Crippen LogP contribution in [0.15, 0.2) is 42.5 Å². The van der Waals surface area contributed by atoms with Crippen LogP contribution in [0.25, 0.3) is 0 Å². The van der Waals surface area contributed by atoms with Gasteiger partial charge in [0.25, 0.3) is 0 Å². The second kappa shape index (κ2) is 7.45. The first-order valence-corrected chi connectivity index (χ1v) is 9.67. The molecule has 1 aliphatic rings. The first-order chi connectivity index (χ1) is 13.1. The van der Waals surface area contributed by atoms with Crippen molar-refractivity contribution in [1.82, 2.24) is 0 Å². The Morgan fingerprint density at radius 1 is 1.00 bits per heavy atom. The van der Waals surface area contributed by atoms with E-state index in [-0.39, 0.29) is 16.8 Å². The molecule has 1 N–H and O–H groups in total. The molecule has 0 heterocycles. The van der Waals surface area contributed by atoms with Gasteiger partial charge in [0.2, 0.25) is 0 Å². The number of rotatable bonds is 2. The van der Waals surface area contributed by atoms with Crippen LogP contribution in [0.5, 0.6) is 0 Å². The van der Waals surface area contributed by atoms with Gasteiger partial charge in [-0.25, -0.2) is 4.79 Å². The van der Waals surface area contributed by atoms with Gasteiger partial charge in [0, 0.05) is 5.56 Å². The minimum Gasteiger partial charge on any atom is -0.465 e. The molecule has 0 aliphatic heterocycles. The van der Waals surface area contributed by atoms with Gasteiger partial charge in [-0.15, -0.1) is 0 Å². The fraction of sp³-hybridized carbons (Fsp3) is 0.400. The summed E-state index contributed by atoms with van der Waals surface area (Å²) in [5.41, 5.74) is 4.97. The minimum absolute atomic E-state index is 0.0950. The van der Waals surface area contributed by atoms with Crippen molar-refractivity contribution in [3.63, 3.8) is 0 Å². The van der Waals surface area contributed by atoms with E-state index in [0.717, 1.165) is 24.0 Å². The third-order valence-corrected chi connectivity index (χ3v) is 5.85. The lowest BCUT2D eigenvalue weighted by Crippen LogP contribution is -2.34. The zero-order valence-electron chi connectivity index (χ0n) is 17.3. The fourth-order valence-electron chi connectivity index (χ4n) is 3.82. The highest BCUT2D eigenvalue weighted by Gasteiger charge is 2.37. The van der Waals surface area contributed by atoms with Crippen LogP contribution < -0.4 is 0 Å². The van der Waals surface area contributed by atoms with Gasteiger partial charge in [-0.3, -0.25) is 0 Å². The van der Waals surface area contributed by atoms with Crippen molar-refractivity contribution in [2.75, 3.05) is 7.11 Å². The number of hydrogen-bond acceptors (Lipinski definition) is 3. The Morgan fingerprint density at radius 2 is 1.61 bits per heavy atom. The van der Waals surface area contributed by atoms with Crippen LogP contribution in [0, 0.1) is 11.8 Å². The van der Waals surface area contributed by atoms with Crippen LogP contribution in [0.1, 0.15) is 79.3 Å². The molecule has 0 radical (unpaired) electrons. The van der Waals surface area contributed by atoms with Crippen molar-refractivity contribution < 1.29 is 14.6 Å². The van der Waals surface area contributed by atoms with Gasteiger partial charge in [0.05, 0.1) is 12.7 Å². The Kier molecular flexibility index (Phi) is 5.37. The van der Waals surface area contributed by atoms with Gasteiger partial charge in [0.1, 0.15) is 6.10 Å². The smallest absolute Gasteiger partial charge is 0.337 e. The molecule has 0 saturated carbocycles. The molecule has 2 aromatic carbocycles. The van der Waals surface area contributed by atoms with E-state index in [2.05, 4.69) is 51.7 Å². The average Bonchev–Trinajstić information content (AvgIpc) is 2.69. The van der Waals surface area contributed by atoms with Crippen LogP contribution >= 0.6 is 0 Å². The third-order valence-electron chi connectivity index (χ3n) is 5.85. The summed E-state index contributed by atoms with van der Waals surface area (Å²) in [4.78, 5) is 11.5. The lowest BCUT2D eigenvalue weighted by Gasteiger charge is -2.42. The van der Waals surface area contributed by atoms with E-state index in [1.807, 2.05) is 6.07 Å². The Labute approximate surface area is 167 Å². The average molecular weight is 376 g/mol. The maximum Gasteiger partial charge on any atom is 0.337 e. The molecule has 0 aromatic heterocycles. The predicted molar refractivity (Wildman–Crippen MR) is 111 cm³/mol. The number of carbonyl (C=O) groups is 1. The molecule has 146 valence electrons. The van der Waals surface area contributed by atoms with Crippen molar-refractivity contribution in [2.24, 2.45) is 0 Å². The second-order valence-corrected chi connectivity index (χ2v) is 8.81. The molecule has 3 rings (SSSR count). The summed E-state index contributed by atoms with van der Waals surface area (Å²) in [6, 6.07) is 13.1. The zero-order chi connectivity index (χ0) is 20.5. The molecule has 0 fully saturated rings. The van der Waals surface area contributed by atoms with Gasteiger partial charge in [0.15, 0.2) is 0 Å². The number of aliphatic hydroxyl groups is 1. The number of aliphatic hydroxyl groups excluding tert-OH is 1. The largest absolute Gasteiger partial charge is 0.465 e. The molecule has 2 aromatic rings. The van der Waals surface area contributed by atoms with Crippen LogP contribution in [-0.2, 0) is 15.6 Å². The lowest BCUT2D eigenvalue weighted by atomic mass is 9.63. The molecule has 1 aliphatic carbocycles. The van der Waals surface area contributed by atoms with Crippen molar-refractivity contribution in [2.45, 2.75) is 57.5 Å². The monoisotopic (exact) mass is 376 g/mol. The van der Waals surface area contributed by atoms with E-state index in [0.29, 0.717) is 5.56 Å².